The summed E-state index contributed by atoms with van der Waals surface area (Å²) in [7, 11) is 0. The molecule has 4 amide bonds. The lowest BCUT2D eigenvalue weighted by Crippen LogP contribution is -2.52. The van der Waals surface area contributed by atoms with Crippen molar-refractivity contribution in [1.29, 1.82) is 0 Å². The summed E-state index contributed by atoms with van der Waals surface area (Å²) < 4.78 is 1.09. The van der Waals surface area contributed by atoms with Crippen LogP contribution in [0.4, 0.5) is 17.1 Å². The minimum Gasteiger partial charge on any atom is -0.381 e. The minimum absolute atomic E-state index is 0.0168. The first-order valence-electron chi connectivity index (χ1n) is 20.3. The lowest BCUT2D eigenvalue weighted by atomic mass is 9.95. The maximum absolute atomic E-state index is 13.2. The van der Waals surface area contributed by atoms with E-state index in [1.165, 1.54) is 17.0 Å². The first-order valence-corrected chi connectivity index (χ1v) is 21.1. The Bertz CT molecular complexity index is 2450. The van der Waals surface area contributed by atoms with Gasteiger partial charge in [-0.2, -0.15) is 0 Å². The quantitative estimate of drug-likeness (QED) is 0.193. The molecule has 7 heterocycles. The lowest BCUT2D eigenvalue weighted by molar-refractivity contribution is -0.136. The summed E-state index contributed by atoms with van der Waals surface area (Å²) in [6, 6.07) is 22.7. The zero-order valence-electron chi connectivity index (χ0n) is 32.1. The van der Waals surface area contributed by atoms with E-state index in [0.29, 0.717) is 31.0 Å². The molecule has 3 N–H and O–H groups in total. The van der Waals surface area contributed by atoms with E-state index in [1.807, 2.05) is 19.1 Å². The van der Waals surface area contributed by atoms with Crippen molar-refractivity contribution in [2.24, 2.45) is 5.92 Å². The third-order valence-corrected chi connectivity index (χ3v) is 13.7. The molecule has 0 spiro atoms. The average Bonchev–Trinajstić information content (AvgIpc) is 3.73. The van der Waals surface area contributed by atoms with E-state index in [2.05, 4.69) is 85.2 Å². The highest BCUT2D eigenvalue weighted by atomic mass is 32.1. The number of benzene rings is 3. The average molecular weight is 783 g/mol. The molecule has 1 unspecified atom stereocenters. The number of amides is 4. The Morgan fingerprint density at radius 1 is 0.842 bits per heavy atom. The maximum atomic E-state index is 13.2. The fourth-order valence-electron chi connectivity index (χ4n) is 9.43. The van der Waals surface area contributed by atoms with E-state index in [-0.39, 0.29) is 36.1 Å². The monoisotopic (exact) mass is 782 g/mol. The predicted octanol–water partition coefficient (Wildman–Crippen LogP) is 5.46. The molecule has 5 aliphatic heterocycles. The summed E-state index contributed by atoms with van der Waals surface area (Å²) in [4.78, 5) is 65.2. The molecule has 2 atom stereocenters. The van der Waals surface area contributed by atoms with Gasteiger partial charge >= 0.3 is 0 Å². The van der Waals surface area contributed by atoms with Crippen molar-refractivity contribution < 1.29 is 19.2 Å². The van der Waals surface area contributed by atoms with Gasteiger partial charge in [-0.15, -0.1) is 11.3 Å². The zero-order valence-corrected chi connectivity index (χ0v) is 32.9. The molecule has 3 saturated heterocycles. The number of piperidine rings is 2. The molecule has 0 bridgehead atoms. The van der Waals surface area contributed by atoms with Crippen LogP contribution in [0.2, 0.25) is 0 Å². The molecular weight excluding hydrogens is 737 g/mol. The van der Waals surface area contributed by atoms with Crippen molar-refractivity contribution in [3.8, 4) is 11.3 Å². The van der Waals surface area contributed by atoms with Crippen LogP contribution in [-0.4, -0.2) is 103 Å². The summed E-state index contributed by atoms with van der Waals surface area (Å²) in [6.07, 6.45) is 2.89. The van der Waals surface area contributed by atoms with Crippen molar-refractivity contribution in [1.82, 2.24) is 25.4 Å². The zero-order chi connectivity index (χ0) is 38.8. The van der Waals surface area contributed by atoms with Crippen LogP contribution in [0.1, 0.15) is 58.2 Å². The van der Waals surface area contributed by atoms with Crippen molar-refractivity contribution >= 4 is 73.0 Å². The normalized spacial score (nSPS) is 22.0. The van der Waals surface area contributed by atoms with Crippen LogP contribution < -0.4 is 25.8 Å². The Morgan fingerprint density at radius 2 is 1.65 bits per heavy atom. The summed E-state index contributed by atoms with van der Waals surface area (Å²) in [5, 5.41) is 11.1. The molecule has 2 aromatic heterocycles. The van der Waals surface area contributed by atoms with Crippen LogP contribution in [-0.2, 0) is 16.1 Å². The van der Waals surface area contributed by atoms with Crippen LogP contribution in [0.5, 0.6) is 0 Å². The molecule has 0 aliphatic carbocycles. The molecule has 12 nitrogen and oxygen atoms in total. The predicted molar refractivity (Wildman–Crippen MR) is 224 cm³/mol. The number of rotatable bonds is 6. The molecule has 57 heavy (non-hydrogen) atoms. The summed E-state index contributed by atoms with van der Waals surface area (Å²) >= 11 is 1.53. The van der Waals surface area contributed by atoms with Gasteiger partial charge in [-0.3, -0.25) is 29.4 Å². The summed E-state index contributed by atoms with van der Waals surface area (Å²) in [5.41, 5.74) is 7.86. The SMILES string of the molecule is C[C@@H]1CNc2c(sc3ccc4nc(-c5cccc(N6CCN(CC7CCN(c8ccc9c(c8)CN(C8CCC(=O)NC8=O)C9=O)CC7)CC6)c5)ccc4c23)C(=O)N1. The number of hydrogen-bond donors (Lipinski definition) is 3. The van der Waals surface area contributed by atoms with Crippen LogP contribution in [0.15, 0.2) is 66.7 Å². The van der Waals surface area contributed by atoms with Gasteiger partial charge in [0.2, 0.25) is 11.8 Å². The summed E-state index contributed by atoms with van der Waals surface area (Å²) in [6.45, 7) is 10.2. The van der Waals surface area contributed by atoms with E-state index in [1.54, 1.807) is 4.90 Å². The first-order chi connectivity index (χ1) is 27.8. The smallest absolute Gasteiger partial charge is 0.263 e. The van der Waals surface area contributed by atoms with E-state index < -0.39 is 6.04 Å². The number of piperazine rings is 1. The van der Waals surface area contributed by atoms with Crippen molar-refractivity contribution in [2.75, 3.05) is 67.5 Å². The molecule has 292 valence electrons. The van der Waals surface area contributed by atoms with Gasteiger partial charge in [-0.25, -0.2) is 4.98 Å². The topological polar surface area (TPSA) is 130 Å². The van der Waals surface area contributed by atoms with Crippen LogP contribution >= 0.6 is 11.3 Å². The molecule has 0 saturated carbocycles. The van der Waals surface area contributed by atoms with E-state index in [4.69, 9.17) is 4.98 Å². The van der Waals surface area contributed by atoms with Gasteiger partial charge in [0.1, 0.15) is 10.9 Å². The Kier molecular flexibility index (Phi) is 9.09. The number of nitrogens with zero attached hydrogens (tertiary/aromatic N) is 5. The second-order valence-electron chi connectivity index (χ2n) is 16.3. The molecule has 5 aliphatic rings. The molecule has 3 fully saturated rings. The number of pyridine rings is 1. The van der Waals surface area contributed by atoms with Crippen molar-refractivity contribution in [3.63, 3.8) is 0 Å². The highest BCUT2D eigenvalue weighted by Gasteiger charge is 2.39. The number of carbonyl (C=O) groups excluding carboxylic acids is 4. The van der Waals surface area contributed by atoms with Gasteiger partial charge in [0.25, 0.3) is 11.8 Å². The third kappa shape index (κ3) is 6.66. The maximum Gasteiger partial charge on any atom is 0.263 e. The Hall–Kier alpha value is -5.53. The molecule has 0 radical (unpaired) electrons. The fraction of sp³-hybridized carbons (Fsp3) is 0.386. The molecule has 10 rings (SSSR count). The van der Waals surface area contributed by atoms with Crippen molar-refractivity contribution in [3.05, 3.63) is 82.7 Å². The first kappa shape index (κ1) is 35.9. The van der Waals surface area contributed by atoms with Gasteiger partial charge in [0.15, 0.2) is 0 Å². The molecule has 13 heteroatoms. The number of aromatic nitrogens is 1. The number of thiophene rings is 1. The highest BCUT2D eigenvalue weighted by molar-refractivity contribution is 7.21. The van der Waals surface area contributed by atoms with E-state index >= 15 is 0 Å². The van der Waals surface area contributed by atoms with Crippen LogP contribution in [0, 0.1) is 5.92 Å². The van der Waals surface area contributed by atoms with Gasteiger partial charge in [-0.05, 0) is 92.3 Å². The molecule has 3 aromatic carbocycles. The number of nitrogens with one attached hydrogen (secondary N) is 3. The molecule has 5 aromatic rings. The number of imide groups is 1. The van der Waals surface area contributed by atoms with Gasteiger partial charge in [-0.1, -0.05) is 12.1 Å². The number of fused-ring (bicyclic) bond motifs is 6. The Labute approximate surface area is 335 Å². The largest absolute Gasteiger partial charge is 0.381 e. The minimum atomic E-state index is -0.591. The number of carbonyl (C=O) groups is 4. The van der Waals surface area contributed by atoms with Crippen molar-refractivity contribution in [2.45, 2.75) is 51.2 Å². The fourth-order valence-corrected chi connectivity index (χ4v) is 10.5. The number of anilines is 3. The third-order valence-electron chi connectivity index (χ3n) is 12.6. The standard InChI is InChI=1S/C44H46N8O4S/c1-26-23-45-40-39-33-7-8-34(47-35(33)9-11-37(39)57-41(40)43(55)46-26)28-3-2-4-30(21-28)51-19-17-49(18-20-51)24-27-13-15-50(16-14-27)31-5-6-32-29(22-31)25-52(44(32)56)36-10-12-38(53)48-42(36)54/h2-9,11,21-22,26-27,36,45H,10,12-20,23-25H2,1H3,(H,46,55)(H,48,53,54)/t26-,36?/m1/s1. The highest BCUT2D eigenvalue weighted by Crippen LogP contribution is 2.41. The van der Waals surface area contributed by atoms with Gasteiger partial charge in [0, 0.05) is 109 Å². The van der Waals surface area contributed by atoms with Gasteiger partial charge in [0.05, 0.1) is 16.9 Å². The number of hydrogen-bond acceptors (Lipinski definition) is 10. The Balaban J connectivity index is 0.743. The second kappa shape index (κ2) is 14.4. The van der Waals surface area contributed by atoms with E-state index in [9.17, 15) is 19.2 Å². The lowest BCUT2D eigenvalue weighted by Gasteiger charge is -2.40. The van der Waals surface area contributed by atoms with Crippen LogP contribution in [0.3, 0.4) is 0 Å². The van der Waals surface area contributed by atoms with Crippen LogP contribution in [0.25, 0.3) is 32.2 Å². The second-order valence-corrected chi connectivity index (χ2v) is 17.3. The summed E-state index contributed by atoms with van der Waals surface area (Å²) in [5.74, 6) is -0.138. The van der Waals surface area contributed by atoms with E-state index in [0.717, 1.165) is 113 Å². The Morgan fingerprint density at radius 3 is 2.47 bits per heavy atom. The molecular formula is C44H46N8O4S. The van der Waals surface area contributed by atoms with Gasteiger partial charge < -0.3 is 25.3 Å².